The summed E-state index contributed by atoms with van der Waals surface area (Å²) in [6.07, 6.45) is 4.21. The van der Waals surface area contributed by atoms with Crippen LogP contribution in [0.4, 0.5) is 0 Å². The van der Waals surface area contributed by atoms with Crippen LogP contribution in [0.2, 0.25) is 0 Å². The predicted molar refractivity (Wildman–Crippen MR) is 79.4 cm³/mol. The molecule has 0 radical (unpaired) electrons. The molecule has 2 saturated heterocycles. The van der Waals surface area contributed by atoms with Gasteiger partial charge in [-0.05, 0) is 50.2 Å². The Bertz CT molecular complexity index is 591. The third-order valence-electron chi connectivity index (χ3n) is 4.24. The average Bonchev–Trinajstić information content (AvgIpc) is 2.82. The first-order valence-electron chi connectivity index (χ1n) is 7.28. The van der Waals surface area contributed by atoms with Crippen molar-refractivity contribution in [2.24, 2.45) is 0 Å². The van der Waals surface area contributed by atoms with Gasteiger partial charge in [0.2, 0.25) is 0 Å². The van der Waals surface area contributed by atoms with Gasteiger partial charge in [-0.15, -0.1) is 0 Å². The average molecular weight is 311 g/mol. The molecule has 1 unspecified atom stereocenters. The standard InChI is InChI=1S/C15H21NO4S/c1-21(17,18)14-4-2-12(3-5-14)20-13-10-15(19-11-13)6-8-16-9-7-15/h2-5,13,16H,6-11H2,1H3. The Morgan fingerprint density at radius 3 is 2.52 bits per heavy atom. The molecule has 5 nitrogen and oxygen atoms in total. The van der Waals surface area contributed by atoms with E-state index in [9.17, 15) is 8.42 Å². The summed E-state index contributed by atoms with van der Waals surface area (Å²) in [5, 5.41) is 3.34. The Hall–Kier alpha value is -1.11. The van der Waals surface area contributed by atoms with Gasteiger partial charge in [0.1, 0.15) is 11.9 Å². The highest BCUT2D eigenvalue weighted by Gasteiger charge is 2.42. The number of sulfone groups is 1. The third-order valence-corrected chi connectivity index (χ3v) is 5.37. The highest BCUT2D eigenvalue weighted by molar-refractivity contribution is 7.90. The summed E-state index contributed by atoms with van der Waals surface area (Å²) in [6, 6.07) is 6.59. The van der Waals surface area contributed by atoms with E-state index in [0.717, 1.165) is 32.4 Å². The number of benzene rings is 1. The molecule has 2 fully saturated rings. The van der Waals surface area contributed by atoms with Gasteiger partial charge in [-0.2, -0.15) is 0 Å². The van der Waals surface area contributed by atoms with E-state index in [2.05, 4.69) is 5.32 Å². The second-order valence-electron chi connectivity index (χ2n) is 5.93. The molecule has 2 aliphatic rings. The van der Waals surface area contributed by atoms with Gasteiger partial charge in [0, 0.05) is 12.7 Å². The molecule has 2 heterocycles. The highest BCUT2D eigenvalue weighted by Crippen LogP contribution is 2.35. The molecule has 0 aliphatic carbocycles. The summed E-state index contributed by atoms with van der Waals surface area (Å²) in [6.45, 7) is 2.60. The van der Waals surface area contributed by atoms with Gasteiger partial charge in [-0.3, -0.25) is 0 Å². The first-order chi connectivity index (χ1) is 9.97. The molecule has 1 atom stereocenters. The molecule has 0 aromatic heterocycles. The molecular weight excluding hydrogens is 290 g/mol. The van der Waals surface area contributed by atoms with Gasteiger partial charge in [0.05, 0.1) is 17.1 Å². The van der Waals surface area contributed by atoms with Gasteiger partial charge in [0.25, 0.3) is 0 Å². The molecule has 2 aliphatic heterocycles. The minimum Gasteiger partial charge on any atom is -0.488 e. The van der Waals surface area contributed by atoms with Gasteiger partial charge in [-0.25, -0.2) is 8.42 Å². The van der Waals surface area contributed by atoms with Crippen molar-refractivity contribution in [1.29, 1.82) is 0 Å². The van der Waals surface area contributed by atoms with Crippen molar-refractivity contribution in [2.45, 2.75) is 35.9 Å². The first kappa shape index (κ1) is 14.8. The van der Waals surface area contributed by atoms with Crippen LogP contribution in [0.15, 0.2) is 29.2 Å². The third kappa shape index (κ3) is 3.39. The Kier molecular flexibility index (Phi) is 3.94. The second-order valence-corrected chi connectivity index (χ2v) is 7.95. The van der Waals surface area contributed by atoms with E-state index in [-0.39, 0.29) is 11.7 Å². The normalized spacial score (nSPS) is 25.1. The Balaban J connectivity index is 1.62. The maximum atomic E-state index is 11.4. The molecule has 0 saturated carbocycles. The molecule has 1 spiro atoms. The van der Waals surface area contributed by atoms with Crippen LogP contribution in [0, 0.1) is 0 Å². The molecule has 1 aromatic carbocycles. The Morgan fingerprint density at radius 2 is 1.90 bits per heavy atom. The van der Waals surface area contributed by atoms with Crippen LogP contribution in [0.5, 0.6) is 5.75 Å². The Labute approximate surface area is 125 Å². The summed E-state index contributed by atoms with van der Waals surface area (Å²) in [5.41, 5.74) is -0.0252. The van der Waals surface area contributed by atoms with E-state index in [1.807, 2.05) is 0 Å². The summed E-state index contributed by atoms with van der Waals surface area (Å²) >= 11 is 0. The van der Waals surface area contributed by atoms with Crippen molar-refractivity contribution in [2.75, 3.05) is 26.0 Å². The zero-order chi connectivity index (χ0) is 14.9. The van der Waals surface area contributed by atoms with Crippen LogP contribution in [-0.4, -0.2) is 46.1 Å². The van der Waals surface area contributed by atoms with Gasteiger partial charge < -0.3 is 14.8 Å². The zero-order valence-corrected chi connectivity index (χ0v) is 13.0. The van der Waals surface area contributed by atoms with Crippen molar-refractivity contribution in [3.63, 3.8) is 0 Å². The Morgan fingerprint density at radius 1 is 1.24 bits per heavy atom. The van der Waals surface area contributed by atoms with Crippen molar-refractivity contribution in [3.05, 3.63) is 24.3 Å². The monoisotopic (exact) mass is 311 g/mol. The molecular formula is C15H21NO4S. The SMILES string of the molecule is CS(=O)(=O)c1ccc(OC2COC3(CCNCC3)C2)cc1. The van der Waals surface area contributed by atoms with Gasteiger partial charge in [-0.1, -0.05) is 0 Å². The lowest BCUT2D eigenvalue weighted by atomic mass is 9.89. The van der Waals surface area contributed by atoms with Gasteiger partial charge in [0.15, 0.2) is 9.84 Å². The fourth-order valence-electron chi connectivity index (χ4n) is 3.07. The number of piperidine rings is 1. The second kappa shape index (κ2) is 5.59. The van der Waals surface area contributed by atoms with E-state index in [0.29, 0.717) is 17.3 Å². The molecule has 21 heavy (non-hydrogen) atoms. The molecule has 116 valence electrons. The van der Waals surface area contributed by atoms with E-state index in [4.69, 9.17) is 9.47 Å². The smallest absolute Gasteiger partial charge is 0.175 e. The van der Waals surface area contributed by atoms with Crippen LogP contribution >= 0.6 is 0 Å². The van der Waals surface area contributed by atoms with Crippen LogP contribution in [0.3, 0.4) is 0 Å². The number of hydrogen-bond acceptors (Lipinski definition) is 5. The van der Waals surface area contributed by atoms with Crippen LogP contribution < -0.4 is 10.1 Å². The minimum absolute atomic E-state index is 0.0252. The summed E-state index contributed by atoms with van der Waals surface area (Å²) < 4.78 is 34.8. The molecule has 0 amide bonds. The summed E-state index contributed by atoms with van der Waals surface area (Å²) in [4.78, 5) is 0.312. The van der Waals surface area contributed by atoms with E-state index < -0.39 is 9.84 Å². The van der Waals surface area contributed by atoms with Crippen molar-refractivity contribution >= 4 is 9.84 Å². The zero-order valence-electron chi connectivity index (χ0n) is 12.2. The topological polar surface area (TPSA) is 64.6 Å². The maximum Gasteiger partial charge on any atom is 0.175 e. The lowest BCUT2D eigenvalue weighted by Gasteiger charge is -2.32. The lowest BCUT2D eigenvalue weighted by Crippen LogP contribution is -2.41. The van der Waals surface area contributed by atoms with E-state index >= 15 is 0 Å². The van der Waals surface area contributed by atoms with E-state index in [1.165, 1.54) is 6.26 Å². The van der Waals surface area contributed by atoms with E-state index in [1.54, 1.807) is 24.3 Å². The largest absolute Gasteiger partial charge is 0.488 e. The molecule has 1 aromatic rings. The lowest BCUT2D eigenvalue weighted by molar-refractivity contribution is -0.0205. The van der Waals surface area contributed by atoms with Crippen LogP contribution in [0.25, 0.3) is 0 Å². The van der Waals surface area contributed by atoms with Crippen LogP contribution in [0.1, 0.15) is 19.3 Å². The predicted octanol–water partition coefficient (Wildman–Crippen LogP) is 1.38. The van der Waals surface area contributed by atoms with Crippen molar-refractivity contribution in [1.82, 2.24) is 5.32 Å². The minimum atomic E-state index is -3.16. The summed E-state index contributed by atoms with van der Waals surface area (Å²) in [7, 11) is -3.16. The highest BCUT2D eigenvalue weighted by atomic mass is 32.2. The number of rotatable bonds is 3. The van der Waals surface area contributed by atoms with Gasteiger partial charge >= 0.3 is 0 Å². The van der Waals surface area contributed by atoms with Crippen LogP contribution in [-0.2, 0) is 14.6 Å². The fourth-order valence-corrected chi connectivity index (χ4v) is 3.70. The summed E-state index contributed by atoms with van der Waals surface area (Å²) in [5.74, 6) is 0.696. The molecule has 1 N–H and O–H groups in total. The maximum absolute atomic E-state index is 11.4. The number of nitrogens with one attached hydrogen (secondary N) is 1. The molecule has 0 bridgehead atoms. The fraction of sp³-hybridized carbons (Fsp3) is 0.600. The van der Waals surface area contributed by atoms with Crippen molar-refractivity contribution in [3.8, 4) is 5.75 Å². The number of ether oxygens (including phenoxy) is 2. The molecule has 6 heteroatoms. The number of hydrogen-bond donors (Lipinski definition) is 1. The van der Waals surface area contributed by atoms with Crippen molar-refractivity contribution < 1.29 is 17.9 Å². The molecule has 3 rings (SSSR count). The first-order valence-corrected chi connectivity index (χ1v) is 9.18. The quantitative estimate of drug-likeness (QED) is 0.913.